The van der Waals surface area contributed by atoms with Crippen molar-refractivity contribution in [1.82, 2.24) is 10.6 Å². The maximum atomic E-state index is 12.8. The van der Waals surface area contributed by atoms with Gasteiger partial charge in [-0.1, -0.05) is 74.5 Å². The molecule has 2 aromatic rings. The Morgan fingerprint density at radius 1 is 0.871 bits per heavy atom. The average molecular weight is 427 g/mol. The van der Waals surface area contributed by atoms with E-state index in [2.05, 4.69) is 10.6 Å². The van der Waals surface area contributed by atoms with Crippen molar-refractivity contribution in [2.75, 3.05) is 0 Å². The number of aryl methyl sites for hydroxylation is 1. The van der Waals surface area contributed by atoms with Crippen LogP contribution in [0, 0.1) is 5.92 Å². The number of hydrogen-bond acceptors (Lipinski definition) is 4. The van der Waals surface area contributed by atoms with Crippen LogP contribution in [0.5, 0.6) is 0 Å². The maximum Gasteiger partial charge on any atom is 0.408 e. The van der Waals surface area contributed by atoms with Gasteiger partial charge in [0.15, 0.2) is 0 Å². The first-order valence-electron chi connectivity index (χ1n) is 10.4. The second-order valence-corrected chi connectivity index (χ2v) is 7.81. The molecule has 31 heavy (non-hydrogen) atoms. The van der Waals surface area contributed by atoms with Crippen molar-refractivity contribution in [3.63, 3.8) is 0 Å². The van der Waals surface area contributed by atoms with Gasteiger partial charge >= 0.3 is 12.1 Å². The Morgan fingerprint density at radius 2 is 1.45 bits per heavy atom. The third-order valence-corrected chi connectivity index (χ3v) is 4.71. The van der Waals surface area contributed by atoms with E-state index in [1.54, 1.807) is 0 Å². The largest absolute Gasteiger partial charge is 0.480 e. The lowest BCUT2D eigenvalue weighted by Gasteiger charge is -2.22. The molecule has 0 aliphatic heterocycles. The molecule has 7 nitrogen and oxygen atoms in total. The minimum atomic E-state index is -1.11. The first-order chi connectivity index (χ1) is 14.8. The highest BCUT2D eigenvalue weighted by Crippen LogP contribution is 2.09. The first-order valence-corrected chi connectivity index (χ1v) is 10.4. The van der Waals surface area contributed by atoms with Crippen LogP contribution in [0.1, 0.15) is 37.8 Å². The summed E-state index contributed by atoms with van der Waals surface area (Å²) in [5.41, 5.74) is 1.82. The highest BCUT2D eigenvalue weighted by atomic mass is 16.5. The lowest BCUT2D eigenvalue weighted by Crippen LogP contribution is -2.52. The van der Waals surface area contributed by atoms with Crippen LogP contribution in [0.25, 0.3) is 0 Å². The molecule has 0 unspecified atom stereocenters. The number of benzene rings is 2. The van der Waals surface area contributed by atoms with Crippen LogP contribution in [0.4, 0.5) is 4.79 Å². The third-order valence-electron chi connectivity index (χ3n) is 4.71. The number of alkyl carbamates (subject to hydrolysis) is 1. The van der Waals surface area contributed by atoms with Crippen molar-refractivity contribution < 1.29 is 24.2 Å². The number of carbonyl (C=O) groups excluding carboxylic acids is 2. The van der Waals surface area contributed by atoms with E-state index in [9.17, 15) is 19.5 Å². The molecule has 0 aliphatic carbocycles. The van der Waals surface area contributed by atoms with Crippen LogP contribution in [0.15, 0.2) is 60.7 Å². The molecule has 0 aliphatic rings. The highest BCUT2D eigenvalue weighted by molar-refractivity contribution is 5.89. The molecule has 2 atom stereocenters. The fraction of sp³-hybridized carbons (Fsp3) is 0.375. The van der Waals surface area contributed by atoms with E-state index in [0.29, 0.717) is 12.8 Å². The summed E-state index contributed by atoms with van der Waals surface area (Å²) in [6.07, 6.45) is 0.398. The fourth-order valence-corrected chi connectivity index (χ4v) is 3.10. The quantitative estimate of drug-likeness (QED) is 0.510. The Bertz CT molecular complexity index is 840. The van der Waals surface area contributed by atoms with E-state index in [1.165, 1.54) is 0 Å². The van der Waals surface area contributed by atoms with Gasteiger partial charge < -0.3 is 20.5 Å². The number of carboxylic acid groups (broad SMARTS) is 1. The Hall–Kier alpha value is -3.35. The number of rotatable bonds is 11. The number of carbonyl (C=O) groups is 3. The molecular formula is C24H30N2O5. The van der Waals surface area contributed by atoms with Gasteiger partial charge in [-0.3, -0.25) is 4.79 Å². The summed E-state index contributed by atoms with van der Waals surface area (Å²) in [5.74, 6) is -1.54. The summed E-state index contributed by atoms with van der Waals surface area (Å²) in [6, 6.07) is 16.7. The minimum Gasteiger partial charge on any atom is -0.480 e. The second kappa shape index (κ2) is 12.4. The summed E-state index contributed by atoms with van der Waals surface area (Å²) < 4.78 is 5.20. The van der Waals surface area contributed by atoms with E-state index in [4.69, 9.17) is 4.74 Å². The number of carboxylic acids is 1. The molecule has 166 valence electrons. The van der Waals surface area contributed by atoms with Gasteiger partial charge in [-0.15, -0.1) is 0 Å². The summed E-state index contributed by atoms with van der Waals surface area (Å²) in [7, 11) is 0. The van der Waals surface area contributed by atoms with Crippen molar-refractivity contribution in [3.05, 3.63) is 71.8 Å². The standard InChI is InChI=1S/C24H30N2O5/c1-17(2)15-21(26-24(30)31-16-19-11-7-4-8-12-19)22(27)25-20(23(28)29)14-13-18-9-5-3-6-10-18/h3-12,17,20-21H,13-16H2,1-2H3,(H,25,27)(H,26,30)(H,28,29)/t20-,21-/m0/s1. The number of hydrogen-bond donors (Lipinski definition) is 3. The summed E-state index contributed by atoms with van der Waals surface area (Å²) in [5, 5.41) is 14.7. The van der Waals surface area contributed by atoms with Gasteiger partial charge in [0.1, 0.15) is 18.7 Å². The molecule has 0 bridgehead atoms. The zero-order valence-corrected chi connectivity index (χ0v) is 17.9. The van der Waals surface area contributed by atoms with Gasteiger partial charge in [-0.2, -0.15) is 0 Å². The van der Waals surface area contributed by atoms with Crippen molar-refractivity contribution in [1.29, 1.82) is 0 Å². The van der Waals surface area contributed by atoms with Crippen LogP contribution in [-0.2, 0) is 27.4 Å². The summed E-state index contributed by atoms with van der Waals surface area (Å²) in [4.78, 5) is 36.6. The summed E-state index contributed by atoms with van der Waals surface area (Å²) in [6.45, 7) is 3.92. The van der Waals surface area contributed by atoms with Crippen LogP contribution >= 0.6 is 0 Å². The molecule has 0 saturated carbocycles. The molecule has 0 radical (unpaired) electrons. The van der Waals surface area contributed by atoms with Gasteiger partial charge in [0, 0.05) is 0 Å². The number of ether oxygens (including phenoxy) is 1. The molecule has 0 spiro atoms. The van der Waals surface area contributed by atoms with E-state index in [0.717, 1.165) is 11.1 Å². The van der Waals surface area contributed by atoms with Crippen molar-refractivity contribution >= 4 is 18.0 Å². The number of aliphatic carboxylic acids is 1. The van der Waals surface area contributed by atoms with Crippen LogP contribution in [0.3, 0.4) is 0 Å². The van der Waals surface area contributed by atoms with Crippen LogP contribution < -0.4 is 10.6 Å². The fourth-order valence-electron chi connectivity index (χ4n) is 3.10. The molecule has 0 saturated heterocycles. The van der Waals surface area contributed by atoms with Gasteiger partial charge in [0.2, 0.25) is 5.91 Å². The second-order valence-electron chi connectivity index (χ2n) is 7.81. The Morgan fingerprint density at radius 3 is 2.00 bits per heavy atom. The molecule has 0 heterocycles. The average Bonchev–Trinajstić information content (AvgIpc) is 2.75. The van der Waals surface area contributed by atoms with E-state index >= 15 is 0 Å². The minimum absolute atomic E-state index is 0.0809. The van der Waals surface area contributed by atoms with E-state index in [1.807, 2.05) is 74.5 Å². The van der Waals surface area contributed by atoms with Gasteiger partial charge in [0.25, 0.3) is 0 Å². The smallest absolute Gasteiger partial charge is 0.408 e. The molecule has 2 amide bonds. The van der Waals surface area contributed by atoms with Gasteiger partial charge in [0.05, 0.1) is 0 Å². The predicted octanol–water partition coefficient (Wildman–Crippen LogP) is 3.53. The molecule has 2 aromatic carbocycles. The zero-order valence-electron chi connectivity index (χ0n) is 17.9. The molecule has 0 aromatic heterocycles. The lowest BCUT2D eigenvalue weighted by atomic mass is 10.0. The van der Waals surface area contributed by atoms with Crippen molar-refractivity contribution in [2.45, 2.75) is 51.8 Å². The topological polar surface area (TPSA) is 105 Å². The summed E-state index contributed by atoms with van der Waals surface area (Å²) >= 11 is 0. The Labute approximate surface area is 182 Å². The third kappa shape index (κ3) is 8.90. The maximum absolute atomic E-state index is 12.8. The first kappa shape index (κ1) is 23.9. The van der Waals surface area contributed by atoms with Crippen LogP contribution in [0.2, 0.25) is 0 Å². The van der Waals surface area contributed by atoms with E-state index in [-0.39, 0.29) is 18.9 Å². The lowest BCUT2D eigenvalue weighted by molar-refractivity contribution is -0.142. The SMILES string of the molecule is CC(C)C[C@H](NC(=O)OCc1ccccc1)C(=O)N[C@@H](CCc1ccccc1)C(=O)O. The molecule has 3 N–H and O–H groups in total. The molecule has 7 heteroatoms. The van der Waals surface area contributed by atoms with Gasteiger partial charge in [-0.05, 0) is 36.3 Å². The monoisotopic (exact) mass is 426 g/mol. The predicted molar refractivity (Wildman–Crippen MR) is 117 cm³/mol. The molecular weight excluding hydrogens is 396 g/mol. The molecule has 2 rings (SSSR count). The number of nitrogens with one attached hydrogen (secondary N) is 2. The highest BCUT2D eigenvalue weighted by Gasteiger charge is 2.27. The van der Waals surface area contributed by atoms with Crippen molar-refractivity contribution in [3.8, 4) is 0 Å². The molecule has 0 fully saturated rings. The Balaban J connectivity index is 1.94. The van der Waals surface area contributed by atoms with Crippen LogP contribution in [-0.4, -0.2) is 35.2 Å². The van der Waals surface area contributed by atoms with E-state index < -0.39 is 30.1 Å². The van der Waals surface area contributed by atoms with Crippen molar-refractivity contribution in [2.24, 2.45) is 5.92 Å². The zero-order chi connectivity index (χ0) is 22.6. The Kier molecular flexibility index (Phi) is 9.55. The normalized spacial score (nSPS) is 12.6. The van der Waals surface area contributed by atoms with Gasteiger partial charge in [-0.25, -0.2) is 9.59 Å². The number of amides is 2.